The van der Waals surface area contributed by atoms with E-state index in [2.05, 4.69) is 40.0 Å². The summed E-state index contributed by atoms with van der Waals surface area (Å²) < 4.78 is 1.02. The maximum Gasteiger partial charge on any atom is 0.321 e. The van der Waals surface area contributed by atoms with Gasteiger partial charge in [0.1, 0.15) is 0 Å². The van der Waals surface area contributed by atoms with E-state index in [1.807, 2.05) is 30.0 Å². The highest BCUT2D eigenvalue weighted by Crippen LogP contribution is 2.21. The second-order valence-electron chi connectivity index (χ2n) is 6.08. The van der Waals surface area contributed by atoms with E-state index in [4.69, 9.17) is 0 Å². The fraction of sp³-hybridized carbons (Fsp3) is 0.562. The van der Waals surface area contributed by atoms with Crippen LogP contribution in [0.1, 0.15) is 19.4 Å². The number of carbonyl (C=O) groups is 1. The third kappa shape index (κ3) is 4.71. The highest BCUT2D eigenvalue weighted by Gasteiger charge is 2.21. The van der Waals surface area contributed by atoms with Crippen LogP contribution < -0.4 is 5.32 Å². The molecule has 116 valence electrons. The summed E-state index contributed by atoms with van der Waals surface area (Å²) in [6.45, 7) is 11.1. The number of aryl methyl sites for hydroxylation is 1. The average molecular weight is 354 g/mol. The zero-order chi connectivity index (χ0) is 15.4. The van der Waals surface area contributed by atoms with E-state index in [0.29, 0.717) is 5.92 Å². The summed E-state index contributed by atoms with van der Waals surface area (Å²) in [4.78, 5) is 16.6. The van der Waals surface area contributed by atoms with Gasteiger partial charge in [-0.05, 0) is 30.5 Å². The number of hydrogen-bond acceptors (Lipinski definition) is 2. The first-order valence-corrected chi connectivity index (χ1v) is 8.29. The number of urea groups is 1. The number of carbonyl (C=O) groups excluding carboxylic acids is 1. The van der Waals surface area contributed by atoms with E-state index in [9.17, 15) is 4.79 Å². The van der Waals surface area contributed by atoms with Gasteiger partial charge in [0.05, 0.1) is 0 Å². The van der Waals surface area contributed by atoms with Crippen molar-refractivity contribution in [3.63, 3.8) is 0 Å². The zero-order valence-corrected chi connectivity index (χ0v) is 14.6. The predicted molar refractivity (Wildman–Crippen MR) is 90.7 cm³/mol. The summed E-state index contributed by atoms with van der Waals surface area (Å²) in [5, 5.41) is 2.97. The quantitative estimate of drug-likeness (QED) is 0.901. The Morgan fingerprint density at radius 2 is 1.95 bits per heavy atom. The van der Waals surface area contributed by atoms with Crippen LogP contribution in [0.15, 0.2) is 22.7 Å². The number of hydrogen-bond donors (Lipinski definition) is 1. The Morgan fingerprint density at radius 3 is 2.52 bits per heavy atom. The molecule has 5 heteroatoms. The summed E-state index contributed by atoms with van der Waals surface area (Å²) in [5.41, 5.74) is 2.00. The molecule has 0 aromatic heterocycles. The number of halogens is 1. The topological polar surface area (TPSA) is 35.6 Å². The molecule has 0 atom stereocenters. The molecule has 1 N–H and O–H groups in total. The number of piperazine rings is 1. The Labute approximate surface area is 135 Å². The molecule has 0 radical (unpaired) electrons. The molecule has 0 spiro atoms. The molecular formula is C16H24BrN3O. The Balaban J connectivity index is 1.86. The maximum atomic E-state index is 12.3. The second-order valence-corrected chi connectivity index (χ2v) is 6.93. The molecule has 2 amide bonds. The van der Waals surface area contributed by atoms with Crippen molar-refractivity contribution >= 4 is 27.6 Å². The Hall–Kier alpha value is -1.07. The third-order valence-corrected chi connectivity index (χ3v) is 4.56. The van der Waals surface area contributed by atoms with Gasteiger partial charge in [0, 0.05) is 42.9 Å². The van der Waals surface area contributed by atoms with Crippen molar-refractivity contribution in [2.24, 2.45) is 5.92 Å². The molecule has 0 aliphatic carbocycles. The molecule has 1 aromatic carbocycles. The van der Waals surface area contributed by atoms with Crippen LogP contribution in [0.25, 0.3) is 0 Å². The highest BCUT2D eigenvalue weighted by molar-refractivity contribution is 9.10. The number of amides is 2. The van der Waals surface area contributed by atoms with Crippen molar-refractivity contribution in [3.05, 3.63) is 28.2 Å². The number of nitrogens with zero attached hydrogens (tertiary/aromatic N) is 2. The lowest BCUT2D eigenvalue weighted by molar-refractivity contribution is 0.138. The first-order chi connectivity index (χ1) is 9.95. The highest BCUT2D eigenvalue weighted by atomic mass is 79.9. The van der Waals surface area contributed by atoms with Crippen LogP contribution in [0.5, 0.6) is 0 Å². The molecule has 1 heterocycles. The number of rotatable bonds is 3. The average Bonchev–Trinajstić information content (AvgIpc) is 2.43. The number of anilines is 1. The smallest absolute Gasteiger partial charge is 0.321 e. The first-order valence-electron chi connectivity index (χ1n) is 7.50. The normalized spacial score (nSPS) is 16.3. The van der Waals surface area contributed by atoms with E-state index >= 15 is 0 Å². The summed E-state index contributed by atoms with van der Waals surface area (Å²) in [5.74, 6) is 0.676. The van der Waals surface area contributed by atoms with Gasteiger partial charge in [0.15, 0.2) is 0 Å². The van der Waals surface area contributed by atoms with Crippen LogP contribution >= 0.6 is 15.9 Å². The molecule has 0 bridgehead atoms. The molecule has 0 unspecified atom stereocenters. The van der Waals surface area contributed by atoms with E-state index in [-0.39, 0.29) is 6.03 Å². The Bertz CT molecular complexity index is 496. The molecule has 1 aromatic rings. The summed E-state index contributed by atoms with van der Waals surface area (Å²) in [6, 6.07) is 5.88. The van der Waals surface area contributed by atoms with Crippen molar-refractivity contribution < 1.29 is 4.79 Å². The van der Waals surface area contributed by atoms with Crippen molar-refractivity contribution in [3.8, 4) is 0 Å². The Kier molecular flexibility index (Phi) is 5.65. The van der Waals surface area contributed by atoms with Crippen LogP contribution in [-0.4, -0.2) is 48.6 Å². The minimum absolute atomic E-state index is 0.00468. The molecule has 0 saturated carbocycles. The lowest BCUT2D eigenvalue weighted by Gasteiger charge is -2.35. The zero-order valence-electron chi connectivity index (χ0n) is 13.0. The fourth-order valence-electron chi connectivity index (χ4n) is 2.52. The van der Waals surface area contributed by atoms with Crippen molar-refractivity contribution in [1.82, 2.24) is 9.80 Å². The van der Waals surface area contributed by atoms with Gasteiger partial charge < -0.3 is 10.2 Å². The monoisotopic (exact) mass is 353 g/mol. The van der Waals surface area contributed by atoms with E-state index in [0.717, 1.165) is 48.4 Å². The SMILES string of the molecule is Cc1ccc(NC(=O)N2CCN(CC(C)C)CC2)cc1Br. The van der Waals surface area contributed by atoms with Gasteiger partial charge in [-0.15, -0.1) is 0 Å². The van der Waals surface area contributed by atoms with Gasteiger partial charge >= 0.3 is 6.03 Å². The van der Waals surface area contributed by atoms with Crippen LogP contribution in [-0.2, 0) is 0 Å². The molecule has 1 aliphatic heterocycles. The van der Waals surface area contributed by atoms with Crippen LogP contribution in [0.4, 0.5) is 10.5 Å². The fourth-order valence-corrected chi connectivity index (χ4v) is 2.90. The van der Waals surface area contributed by atoms with Crippen LogP contribution in [0.2, 0.25) is 0 Å². The molecule has 4 nitrogen and oxygen atoms in total. The summed E-state index contributed by atoms with van der Waals surface area (Å²) >= 11 is 3.49. The van der Waals surface area contributed by atoms with E-state index < -0.39 is 0 Å². The van der Waals surface area contributed by atoms with Gasteiger partial charge in [-0.2, -0.15) is 0 Å². The largest absolute Gasteiger partial charge is 0.322 e. The van der Waals surface area contributed by atoms with Gasteiger partial charge in [0.25, 0.3) is 0 Å². The second kappa shape index (κ2) is 7.27. The number of benzene rings is 1. The summed E-state index contributed by atoms with van der Waals surface area (Å²) in [7, 11) is 0. The van der Waals surface area contributed by atoms with Crippen molar-refractivity contribution in [2.75, 3.05) is 38.0 Å². The van der Waals surface area contributed by atoms with Crippen molar-refractivity contribution in [1.29, 1.82) is 0 Å². The summed E-state index contributed by atoms with van der Waals surface area (Å²) in [6.07, 6.45) is 0. The van der Waals surface area contributed by atoms with Gasteiger partial charge in [0.2, 0.25) is 0 Å². The minimum atomic E-state index is -0.00468. The molecular weight excluding hydrogens is 330 g/mol. The molecule has 21 heavy (non-hydrogen) atoms. The molecule has 1 aliphatic rings. The van der Waals surface area contributed by atoms with Crippen LogP contribution in [0, 0.1) is 12.8 Å². The van der Waals surface area contributed by atoms with Gasteiger partial charge in [-0.3, -0.25) is 4.90 Å². The molecule has 1 saturated heterocycles. The van der Waals surface area contributed by atoms with Crippen molar-refractivity contribution in [2.45, 2.75) is 20.8 Å². The van der Waals surface area contributed by atoms with Gasteiger partial charge in [-0.1, -0.05) is 35.8 Å². The maximum absolute atomic E-state index is 12.3. The first kappa shape index (κ1) is 16.3. The van der Waals surface area contributed by atoms with E-state index in [1.165, 1.54) is 0 Å². The molecule has 1 fully saturated rings. The van der Waals surface area contributed by atoms with Crippen LogP contribution in [0.3, 0.4) is 0 Å². The molecule has 2 rings (SSSR count). The lowest BCUT2D eigenvalue weighted by Crippen LogP contribution is -2.50. The van der Waals surface area contributed by atoms with E-state index in [1.54, 1.807) is 0 Å². The predicted octanol–water partition coefficient (Wildman–Crippen LogP) is 3.56. The number of nitrogens with one attached hydrogen (secondary N) is 1. The minimum Gasteiger partial charge on any atom is -0.322 e. The van der Waals surface area contributed by atoms with Gasteiger partial charge in [-0.25, -0.2) is 4.79 Å². The third-order valence-electron chi connectivity index (χ3n) is 3.71. The standard InChI is InChI=1S/C16H24BrN3O/c1-12(2)11-19-6-8-20(9-7-19)16(21)18-14-5-4-13(3)15(17)10-14/h4-5,10,12H,6-9,11H2,1-3H3,(H,18,21). The Morgan fingerprint density at radius 1 is 1.29 bits per heavy atom. The lowest BCUT2D eigenvalue weighted by atomic mass is 10.2.